The Morgan fingerprint density at radius 2 is 2.09 bits per heavy atom. The van der Waals surface area contributed by atoms with Crippen LogP contribution in [0.15, 0.2) is 24.5 Å². The highest BCUT2D eigenvalue weighted by atomic mass is 16.2. The lowest BCUT2D eigenvalue weighted by Gasteiger charge is -2.15. The van der Waals surface area contributed by atoms with Crippen molar-refractivity contribution in [3.05, 3.63) is 30.2 Å². The first-order chi connectivity index (χ1) is 11.2. The number of H-pyrrole nitrogens is 1. The van der Waals surface area contributed by atoms with E-state index in [-0.39, 0.29) is 8.88 Å². The van der Waals surface area contributed by atoms with Gasteiger partial charge in [0.15, 0.2) is 0 Å². The normalized spacial score (nSPS) is 14.3. The molecule has 0 unspecified atom stereocenters. The zero-order valence-electron chi connectivity index (χ0n) is 12.3. The van der Waals surface area contributed by atoms with Crippen molar-refractivity contribution < 1.29 is 7.65 Å². The summed E-state index contributed by atoms with van der Waals surface area (Å²) in [4.78, 5) is 25.5. The zero-order valence-corrected chi connectivity index (χ0v) is 12.3. The lowest BCUT2D eigenvalue weighted by molar-refractivity contribution is 0.222. The van der Waals surface area contributed by atoms with Crippen LogP contribution in [0.4, 0.5) is 10.5 Å². The summed E-state index contributed by atoms with van der Waals surface area (Å²) in [6, 6.07) is 5.54. The van der Waals surface area contributed by atoms with E-state index in [9.17, 15) is 4.79 Å². The number of carbonyl (C=O) groups excluding carboxylic acids is 1. The molecule has 0 radical (unpaired) electrons. The van der Waals surface area contributed by atoms with Gasteiger partial charge >= 0.3 is 6.03 Å². The molecule has 0 saturated carbocycles. The first kappa shape index (κ1) is 13.5. The lowest BCUT2D eigenvalue weighted by atomic mass is 10.2. The molecule has 0 spiro atoms. The molecule has 7 nitrogen and oxygen atoms in total. The quantitative estimate of drug-likeness (QED) is 0.721. The van der Waals surface area contributed by atoms with Crippen molar-refractivity contribution in [3.63, 3.8) is 0 Å². The SMILES string of the molecule is N#Cc1cc2c(cn1)[nH]c1ncc(NC(=O)N3CCCC3)cc12.[HH].[HH]. The van der Waals surface area contributed by atoms with Crippen molar-refractivity contribution >= 4 is 33.7 Å². The van der Waals surface area contributed by atoms with E-state index in [0.29, 0.717) is 17.0 Å². The Labute approximate surface area is 134 Å². The highest BCUT2D eigenvalue weighted by Crippen LogP contribution is 2.26. The van der Waals surface area contributed by atoms with E-state index in [0.717, 1.165) is 42.2 Å². The Hall–Kier alpha value is -3.14. The Morgan fingerprint density at radius 1 is 1.26 bits per heavy atom. The van der Waals surface area contributed by atoms with Crippen LogP contribution in [-0.4, -0.2) is 39.0 Å². The molecule has 0 bridgehead atoms. The Kier molecular flexibility index (Phi) is 3.08. The standard InChI is InChI=1S/C16H14N6O.2H2/c17-7-10-5-12-13-6-11(20-16(23)22-3-1-2-4-22)8-19-15(13)21-14(12)9-18-10;;/h5-6,8-9H,1-4H2,(H,19,21)(H,20,23);2*1H. The second-order valence-electron chi connectivity index (χ2n) is 5.60. The van der Waals surface area contributed by atoms with Crippen molar-refractivity contribution in [1.82, 2.24) is 19.9 Å². The van der Waals surface area contributed by atoms with Crippen LogP contribution in [0.2, 0.25) is 0 Å². The molecule has 7 heteroatoms. The summed E-state index contributed by atoms with van der Waals surface area (Å²) in [6.45, 7) is 1.59. The summed E-state index contributed by atoms with van der Waals surface area (Å²) < 4.78 is 0. The molecule has 1 saturated heterocycles. The molecular formula is C16H18N6O. The maximum absolute atomic E-state index is 12.2. The van der Waals surface area contributed by atoms with Crippen molar-refractivity contribution in [2.75, 3.05) is 18.4 Å². The molecule has 4 heterocycles. The Bertz CT molecular complexity index is 958. The molecule has 0 aromatic carbocycles. The fraction of sp³-hybridized carbons (Fsp3) is 0.250. The molecule has 1 aliphatic rings. The first-order valence-electron chi connectivity index (χ1n) is 7.48. The third-order valence-electron chi connectivity index (χ3n) is 4.09. The van der Waals surface area contributed by atoms with Crippen LogP contribution >= 0.6 is 0 Å². The van der Waals surface area contributed by atoms with E-state index in [1.807, 2.05) is 12.1 Å². The van der Waals surface area contributed by atoms with E-state index in [2.05, 4.69) is 20.3 Å². The topological polar surface area (TPSA) is 97.7 Å². The third-order valence-corrected chi connectivity index (χ3v) is 4.09. The predicted molar refractivity (Wildman–Crippen MR) is 90.2 cm³/mol. The van der Waals surface area contributed by atoms with Gasteiger partial charge in [-0.3, -0.25) is 0 Å². The van der Waals surface area contributed by atoms with Gasteiger partial charge in [-0.05, 0) is 25.0 Å². The predicted octanol–water partition coefficient (Wildman–Crippen LogP) is 3.10. The minimum absolute atomic E-state index is 0. The number of pyridine rings is 2. The number of hydrogen-bond acceptors (Lipinski definition) is 4. The molecule has 1 fully saturated rings. The number of amides is 2. The van der Waals surface area contributed by atoms with Gasteiger partial charge in [-0.1, -0.05) is 0 Å². The Morgan fingerprint density at radius 3 is 2.87 bits per heavy atom. The highest BCUT2D eigenvalue weighted by Gasteiger charge is 2.18. The van der Waals surface area contributed by atoms with E-state index in [1.165, 1.54) is 0 Å². The van der Waals surface area contributed by atoms with Gasteiger partial charge in [0.05, 0.1) is 23.6 Å². The molecule has 3 aromatic rings. The lowest BCUT2D eigenvalue weighted by Crippen LogP contribution is -2.32. The van der Waals surface area contributed by atoms with Gasteiger partial charge in [0.1, 0.15) is 17.4 Å². The molecule has 23 heavy (non-hydrogen) atoms. The van der Waals surface area contributed by atoms with Gasteiger partial charge in [-0.2, -0.15) is 5.26 Å². The van der Waals surface area contributed by atoms with Crippen LogP contribution in [0, 0.1) is 11.3 Å². The minimum atomic E-state index is -0.0946. The van der Waals surface area contributed by atoms with Crippen LogP contribution in [0.5, 0.6) is 0 Å². The average molecular weight is 310 g/mol. The maximum Gasteiger partial charge on any atom is 0.321 e. The third kappa shape index (κ3) is 2.34. The average Bonchev–Trinajstić information content (AvgIpc) is 3.22. The number of hydrogen-bond donors (Lipinski definition) is 2. The van der Waals surface area contributed by atoms with E-state index < -0.39 is 0 Å². The summed E-state index contributed by atoms with van der Waals surface area (Å²) in [6.07, 6.45) is 5.36. The van der Waals surface area contributed by atoms with Gasteiger partial charge in [0.25, 0.3) is 0 Å². The minimum Gasteiger partial charge on any atom is -0.338 e. The molecule has 118 valence electrons. The van der Waals surface area contributed by atoms with Crippen LogP contribution in [0.1, 0.15) is 21.4 Å². The molecular weight excluding hydrogens is 292 g/mol. The summed E-state index contributed by atoms with van der Waals surface area (Å²) in [5.74, 6) is 0. The van der Waals surface area contributed by atoms with Crippen LogP contribution in [0.25, 0.3) is 21.9 Å². The number of carbonyl (C=O) groups is 1. The molecule has 4 rings (SSSR count). The second kappa shape index (κ2) is 5.25. The van der Waals surface area contributed by atoms with Crippen molar-refractivity contribution in [3.8, 4) is 6.07 Å². The summed E-state index contributed by atoms with van der Waals surface area (Å²) >= 11 is 0. The van der Waals surface area contributed by atoms with Crippen LogP contribution < -0.4 is 5.32 Å². The van der Waals surface area contributed by atoms with Gasteiger partial charge in [0.2, 0.25) is 0 Å². The van der Waals surface area contributed by atoms with Crippen molar-refractivity contribution in [1.29, 1.82) is 5.26 Å². The van der Waals surface area contributed by atoms with Crippen molar-refractivity contribution in [2.24, 2.45) is 0 Å². The molecule has 2 amide bonds. The molecule has 2 N–H and O–H groups in total. The number of fused-ring (bicyclic) bond motifs is 3. The monoisotopic (exact) mass is 310 g/mol. The van der Waals surface area contributed by atoms with E-state index in [1.54, 1.807) is 23.4 Å². The number of anilines is 1. The summed E-state index contributed by atoms with van der Waals surface area (Å²) in [5.41, 5.74) is 2.51. The van der Waals surface area contributed by atoms with Crippen LogP contribution in [-0.2, 0) is 0 Å². The van der Waals surface area contributed by atoms with E-state index >= 15 is 0 Å². The number of aromatic amines is 1. The van der Waals surface area contributed by atoms with Crippen LogP contribution in [0.3, 0.4) is 0 Å². The number of nitrogens with zero attached hydrogens (tertiary/aromatic N) is 4. The fourth-order valence-electron chi connectivity index (χ4n) is 2.93. The molecule has 0 aliphatic carbocycles. The van der Waals surface area contributed by atoms with Crippen molar-refractivity contribution in [2.45, 2.75) is 12.8 Å². The number of likely N-dealkylation sites (tertiary alicyclic amines) is 1. The first-order valence-corrected chi connectivity index (χ1v) is 7.48. The van der Waals surface area contributed by atoms with Gasteiger partial charge in [-0.15, -0.1) is 0 Å². The van der Waals surface area contributed by atoms with Gasteiger partial charge < -0.3 is 15.2 Å². The molecule has 1 aliphatic heterocycles. The van der Waals surface area contributed by atoms with E-state index in [4.69, 9.17) is 5.26 Å². The number of urea groups is 1. The number of nitriles is 1. The second-order valence-corrected chi connectivity index (χ2v) is 5.60. The number of nitrogens with one attached hydrogen (secondary N) is 2. The highest BCUT2D eigenvalue weighted by molar-refractivity contribution is 6.07. The summed E-state index contributed by atoms with van der Waals surface area (Å²) in [7, 11) is 0. The number of aromatic nitrogens is 3. The molecule has 3 aromatic heterocycles. The van der Waals surface area contributed by atoms with Gasteiger partial charge in [0, 0.05) is 26.7 Å². The molecule has 0 atom stereocenters. The summed E-state index contributed by atoms with van der Waals surface area (Å²) in [5, 5.41) is 13.6. The largest absolute Gasteiger partial charge is 0.338 e. The maximum atomic E-state index is 12.2. The number of rotatable bonds is 1. The Balaban J connectivity index is 0.00000113. The fourth-order valence-corrected chi connectivity index (χ4v) is 2.93. The van der Waals surface area contributed by atoms with Gasteiger partial charge in [-0.25, -0.2) is 14.8 Å². The zero-order chi connectivity index (χ0) is 15.8. The smallest absolute Gasteiger partial charge is 0.321 e.